The molecule has 3 heterocycles. The smallest absolute Gasteiger partial charge is 0.259 e. The highest BCUT2D eigenvalue weighted by Crippen LogP contribution is 2.47. The van der Waals surface area contributed by atoms with E-state index in [1.165, 1.54) is 0 Å². The minimum atomic E-state index is -3.93. The molecule has 0 spiro atoms. The Balaban J connectivity index is 1.18. The number of ether oxygens (including phenoxy) is 1. The second kappa shape index (κ2) is 12.8. The lowest BCUT2D eigenvalue weighted by Gasteiger charge is -2.30. The zero-order chi connectivity index (χ0) is 34.4. The molecule has 12 nitrogen and oxygen atoms in total. The van der Waals surface area contributed by atoms with E-state index in [4.69, 9.17) is 9.15 Å². The maximum atomic E-state index is 14.4. The third-order valence-corrected chi connectivity index (χ3v) is 12.5. The summed E-state index contributed by atoms with van der Waals surface area (Å²) in [6.45, 7) is 3.53. The first kappa shape index (κ1) is 33.1. The number of fused-ring (bicyclic) bond motifs is 3. The van der Waals surface area contributed by atoms with Crippen molar-refractivity contribution in [2.45, 2.75) is 100 Å². The molecule has 0 unspecified atom stereocenters. The number of sulfonamides is 1. The number of para-hydroxylation sites is 1. The highest BCUT2D eigenvalue weighted by atomic mass is 32.2. The molecular formula is C36H43N5O7S. The van der Waals surface area contributed by atoms with Gasteiger partial charge in [-0.25, -0.2) is 13.4 Å². The Labute approximate surface area is 286 Å². The van der Waals surface area contributed by atoms with Gasteiger partial charge in [0.05, 0.1) is 11.3 Å². The molecule has 0 radical (unpaired) electrons. The van der Waals surface area contributed by atoms with Gasteiger partial charge < -0.3 is 24.7 Å². The summed E-state index contributed by atoms with van der Waals surface area (Å²) < 4.78 is 39.4. The van der Waals surface area contributed by atoms with Crippen LogP contribution in [0.4, 0.5) is 5.69 Å². The Hall–Kier alpha value is -4.39. The van der Waals surface area contributed by atoms with Crippen molar-refractivity contribution in [3.63, 3.8) is 0 Å². The lowest BCUT2D eigenvalue weighted by atomic mass is 10.0. The molecule has 2 aromatic carbocycles. The number of allylic oxidation sites excluding steroid dienone is 1. The molecule has 2 aliphatic heterocycles. The topological polar surface area (TPSA) is 160 Å². The van der Waals surface area contributed by atoms with Crippen LogP contribution in [0.25, 0.3) is 11.1 Å². The van der Waals surface area contributed by atoms with Gasteiger partial charge in [-0.1, -0.05) is 43.2 Å². The molecule has 3 amide bonds. The van der Waals surface area contributed by atoms with Crippen LogP contribution in [0.2, 0.25) is 0 Å². The lowest BCUT2D eigenvalue weighted by molar-refractivity contribution is -0.140. The van der Waals surface area contributed by atoms with Crippen LogP contribution in [0.15, 0.2) is 65.1 Å². The number of benzene rings is 2. The number of hydrogen-bond acceptors (Lipinski definition) is 9. The Morgan fingerprint density at radius 1 is 1.10 bits per heavy atom. The van der Waals surface area contributed by atoms with E-state index in [2.05, 4.69) is 20.3 Å². The van der Waals surface area contributed by atoms with Gasteiger partial charge in [-0.15, -0.1) is 0 Å². The lowest BCUT2D eigenvalue weighted by Crippen LogP contribution is -2.58. The summed E-state index contributed by atoms with van der Waals surface area (Å²) in [5.41, 5.74) is 0.632. The minimum Gasteiger partial charge on any atom is -0.488 e. The molecule has 13 heteroatoms. The molecule has 1 aromatic heterocycles. The average Bonchev–Trinajstić information content (AvgIpc) is 3.89. The van der Waals surface area contributed by atoms with Crippen LogP contribution in [-0.2, 0) is 24.4 Å². The summed E-state index contributed by atoms with van der Waals surface area (Å²) >= 11 is 0. The van der Waals surface area contributed by atoms with E-state index in [-0.39, 0.29) is 31.2 Å². The predicted octanol–water partition coefficient (Wildman–Crippen LogP) is 4.36. The molecular weight excluding hydrogens is 646 g/mol. The summed E-state index contributed by atoms with van der Waals surface area (Å²) in [5, 5.41) is 6.34. The molecule has 0 bridgehead atoms. The third-order valence-electron chi connectivity index (χ3n) is 10.4. The number of aromatic nitrogens is 1. The van der Waals surface area contributed by atoms with E-state index in [1.807, 2.05) is 42.5 Å². The van der Waals surface area contributed by atoms with Crippen molar-refractivity contribution in [2.75, 3.05) is 11.9 Å². The van der Waals surface area contributed by atoms with Gasteiger partial charge >= 0.3 is 0 Å². The first-order valence-electron chi connectivity index (χ1n) is 17.2. The van der Waals surface area contributed by atoms with Gasteiger partial charge in [0.25, 0.3) is 5.91 Å². The van der Waals surface area contributed by atoms with E-state index in [9.17, 15) is 22.8 Å². The first-order chi connectivity index (χ1) is 23.5. The number of anilines is 1. The third kappa shape index (κ3) is 6.77. The van der Waals surface area contributed by atoms with Crippen molar-refractivity contribution in [2.24, 2.45) is 5.92 Å². The van der Waals surface area contributed by atoms with Crippen LogP contribution in [0.3, 0.4) is 0 Å². The number of carbonyl (C=O) groups is 3. The second-order valence-electron chi connectivity index (χ2n) is 14.1. The molecule has 3 aromatic rings. The molecule has 1 saturated heterocycles. The van der Waals surface area contributed by atoms with E-state index in [0.29, 0.717) is 42.0 Å². The number of amides is 3. The maximum absolute atomic E-state index is 14.4. The number of nitrogens with zero attached hydrogens (tertiary/aromatic N) is 2. The van der Waals surface area contributed by atoms with Crippen molar-refractivity contribution < 1.29 is 32.0 Å². The predicted molar refractivity (Wildman–Crippen MR) is 183 cm³/mol. The van der Waals surface area contributed by atoms with Gasteiger partial charge in [-0.2, -0.15) is 0 Å². The van der Waals surface area contributed by atoms with Crippen LogP contribution < -0.4 is 20.1 Å². The number of oxazole rings is 1. The Kier molecular flexibility index (Phi) is 8.66. The molecule has 5 atom stereocenters. The fraction of sp³-hybridized carbons (Fsp3) is 0.500. The Bertz CT molecular complexity index is 1890. The van der Waals surface area contributed by atoms with E-state index in [1.54, 1.807) is 36.9 Å². The standard InChI is InChI=1S/C36H43N5O7S/c1-23-37-29-19-26(15-16-31(29)47-23)48-27-20-30-32(42)39-36(34(44)40-49(45,46)35(2)17-18-35)21-24(36)11-7-4-3-5-10-14-28(33(43)41(30)22-27)38-25-12-8-6-9-13-25/h6-9,11-13,15-16,19,24,27-28,30,38H,3-5,10,14,17-18,20-22H2,1-2H3,(H,39,42)(H,40,44)/b11-7-/t24-,27-,28+,30+,36-/m1/s1. The molecule has 3 N–H and O–H groups in total. The van der Waals surface area contributed by atoms with Gasteiger partial charge in [0, 0.05) is 31.0 Å². The van der Waals surface area contributed by atoms with E-state index in [0.717, 1.165) is 31.4 Å². The van der Waals surface area contributed by atoms with Crippen LogP contribution in [-0.4, -0.2) is 71.0 Å². The number of rotatable bonds is 7. The minimum absolute atomic E-state index is 0.148. The summed E-state index contributed by atoms with van der Waals surface area (Å²) in [6, 6.07) is 13.3. The van der Waals surface area contributed by atoms with Crippen molar-refractivity contribution in [1.29, 1.82) is 0 Å². The van der Waals surface area contributed by atoms with Crippen molar-refractivity contribution in [3.8, 4) is 5.75 Å². The number of carbonyl (C=O) groups excluding carboxylic acids is 3. The molecule has 3 fully saturated rings. The summed E-state index contributed by atoms with van der Waals surface area (Å²) in [5.74, 6) is -0.800. The van der Waals surface area contributed by atoms with Gasteiger partial charge in [-0.05, 0) is 69.7 Å². The van der Waals surface area contributed by atoms with Gasteiger partial charge in [0.1, 0.15) is 35.0 Å². The van der Waals surface area contributed by atoms with E-state index < -0.39 is 50.3 Å². The molecule has 2 saturated carbocycles. The highest BCUT2D eigenvalue weighted by Gasteiger charge is 2.63. The molecule has 2 aliphatic carbocycles. The Morgan fingerprint density at radius 2 is 1.90 bits per heavy atom. The number of aryl methyl sites for hydroxylation is 1. The largest absolute Gasteiger partial charge is 0.488 e. The SMILES string of the molecule is Cc1nc2cc(O[C@@H]3C[C@H]4C(=O)N[C@]5(C(=O)NS(=O)(=O)C6(C)CC6)C[C@H]5/C=C\CCCCC[C@H](Nc5ccccc5)C(=O)N4C3)ccc2o1. The summed E-state index contributed by atoms with van der Waals surface area (Å²) in [4.78, 5) is 48.4. The zero-order valence-electron chi connectivity index (χ0n) is 27.8. The number of hydrogen-bond donors (Lipinski definition) is 3. The van der Waals surface area contributed by atoms with Gasteiger partial charge in [-0.3, -0.25) is 19.1 Å². The molecule has 4 aliphatic rings. The molecule has 7 rings (SSSR count). The van der Waals surface area contributed by atoms with Crippen LogP contribution in [0, 0.1) is 12.8 Å². The zero-order valence-corrected chi connectivity index (χ0v) is 28.6. The summed E-state index contributed by atoms with van der Waals surface area (Å²) in [6.07, 6.45) is 8.72. The second-order valence-corrected chi connectivity index (χ2v) is 16.3. The van der Waals surface area contributed by atoms with Gasteiger partial charge in [0.2, 0.25) is 21.8 Å². The van der Waals surface area contributed by atoms with Crippen molar-refractivity contribution in [1.82, 2.24) is 19.9 Å². The first-order valence-corrected chi connectivity index (χ1v) is 18.7. The monoisotopic (exact) mass is 689 g/mol. The molecule has 260 valence electrons. The fourth-order valence-electron chi connectivity index (χ4n) is 6.97. The average molecular weight is 690 g/mol. The van der Waals surface area contributed by atoms with Crippen LogP contribution >= 0.6 is 0 Å². The van der Waals surface area contributed by atoms with Crippen LogP contribution in [0.5, 0.6) is 5.75 Å². The normalized spacial score (nSPS) is 29.1. The van der Waals surface area contributed by atoms with E-state index >= 15 is 0 Å². The quantitative estimate of drug-likeness (QED) is 0.307. The molecule has 49 heavy (non-hydrogen) atoms. The number of nitrogens with one attached hydrogen (secondary N) is 3. The highest BCUT2D eigenvalue weighted by molar-refractivity contribution is 7.91. The van der Waals surface area contributed by atoms with Crippen LogP contribution in [0.1, 0.15) is 70.6 Å². The fourth-order valence-corrected chi connectivity index (χ4v) is 8.28. The Morgan fingerprint density at radius 3 is 2.67 bits per heavy atom. The summed E-state index contributed by atoms with van der Waals surface area (Å²) in [7, 11) is -3.93. The van der Waals surface area contributed by atoms with Crippen molar-refractivity contribution in [3.05, 3.63) is 66.6 Å². The van der Waals surface area contributed by atoms with Crippen molar-refractivity contribution >= 4 is 44.5 Å². The van der Waals surface area contributed by atoms with Gasteiger partial charge in [0.15, 0.2) is 11.5 Å². The maximum Gasteiger partial charge on any atom is 0.259 e.